The Bertz CT molecular complexity index is 700. The lowest BCUT2D eigenvalue weighted by atomic mass is 10.1. The van der Waals surface area contributed by atoms with Crippen molar-refractivity contribution in [2.75, 3.05) is 26.2 Å². The van der Waals surface area contributed by atoms with E-state index >= 15 is 0 Å². The number of aryl methyl sites for hydroxylation is 1. The first-order chi connectivity index (χ1) is 11.6. The molecule has 1 amide bonds. The molecule has 1 saturated heterocycles. The van der Waals surface area contributed by atoms with Gasteiger partial charge in [0.25, 0.3) is 5.91 Å². The molecule has 2 heterocycles. The average Bonchev–Trinajstić information content (AvgIpc) is 2.83. The van der Waals surface area contributed by atoms with E-state index in [-0.39, 0.29) is 5.91 Å². The number of pyridine rings is 1. The van der Waals surface area contributed by atoms with Crippen LogP contribution in [-0.2, 0) is 6.54 Å². The number of aromatic nitrogens is 1. The average molecular weight is 325 g/mol. The molecule has 5 heteroatoms. The molecule has 0 aliphatic carbocycles. The third-order valence-corrected chi connectivity index (χ3v) is 4.58. The lowest BCUT2D eigenvalue weighted by molar-refractivity contribution is -0.605. The van der Waals surface area contributed by atoms with Crippen molar-refractivity contribution >= 4 is 5.91 Å². The van der Waals surface area contributed by atoms with E-state index in [4.69, 9.17) is 0 Å². The van der Waals surface area contributed by atoms with Crippen LogP contribution in [0.1, 0.15) is 27.9 Å². The molecule has 1 aromatic heterocycles. The third-order valence-electron chi connectivity index (χ3n) is 4.58. The lowest BCUT2D eigenvalue weighted by Crippen LogP contribution is -2.35. The standard InChI is InChI=1S/C19H23N3O2/c1-16-5-2-3-6-18(16)15-20-9-4-10-21(14-13-20)19(23)17-7-11-22(24)12-8-17/h2-3,5-8,11-12H,4,9-10,13-15H2,1H3. The molecule has 0 saturated carbocycles. The van der Waals surface area contributed by atoms with Crippen LogP contribution in [0.5, 0.6) is 0 Å². The molecule has 1 fully saturated rings. The van der Waals surface area contributed by atoms with Crippen molar-refractivity contribution < 1.29 is 9.52 Å². The highest BCUT2D eigenvalue weighted by atomic mass is 16.5. The van der Waals surface area contributed by atoms with Gasteiger partial charge in [-0.05, 0) is 24.5 Å². The molecule has 2 aromatic rings. The van der Waals surface area contributed by atoms with Gasteiger partial charge in [-0.15, -0.1) is 0 Å². The highest BCUT2D eigenvalue weighted by molar-refractivity contribution is 5.94. The van der Waals surface area contributed by atoms with Gasteiger partial charge in [-0.1, -0.05) is 24.3 Å². The van der Waals surface area contributed by atoms with Gasteiger partial charge in [0.1, 0.15) is 0 Å². The van der Waals surface area contributed by atoms with Crippen molar-refractivity contribution in [2.24, 2.45) is 0 Å². The van der Waals surface area contributed by atoms with Gasteiger partial charge in [-0.2, -0.15) is 4.73 Å². The molecule has 0 radical (unpaired) electrons. The Hall–Kier alpha value is -2.40. The Balaban J connectivity index is 1.61. The van der Waals surface area contributed by atoms with Crippen molar-refractivity contribution in [3.05, 3.63) is 70.7 Å². The Morgan fingerprint density at radius 3 is 2.58 bits per heavy atom. The van der Waals surface area contributed by atoms with Crippen LogP contribution in [0.4, 0.5) is 0 Å². The normalized spacial score (nSPS) is 16.0. The molecular formula is C19H23N3O2. The molecule has 0 atom stereocenters. The Kier molecular flexibility index (Phi) is 5.11. The van der Waals surface area contributed by atoms with E-state index in [0.29, 0.717) is 10.3 Å². The van der Waals surface area contributed by atoms with Crippen molar-refractivity contribution in [3.8, 4) is 0 Å². The van der Waals surface area contributed by atoms with Crippen molar-refractivity contribution in [3.63, 3.8) is 0 Å². The fourth-order valence-corrected chi connectivity index (χ4v) is 3.10. The van der Waals surface area contributed by atoms with E-state index in [2.05, 4.69) is 36.1 Å². The summed E-state index contributed by atoms with van der Waals surface area (Å²) in [6.45, 7) is 6.41. The highest BCUT2D eigenvalue weighted by Crippen LogP contribution is 2.14. The number of hydrogen-bond acceptors (Lipinski definition) is 3. The smallest absolute Gasteiger partial charge is 0.254 e. The first kappa shape index (κ1) is 16.5. The molecule has 0 unspecified atom stereocenters. The first-order valence-electron chi connectivity index (χ1n) is 8.38. The van der Waals surface area contributed by atoms with Gasteiger partial charge in [-0.3, -0.25) is 9.69 Å². The predicted octanol–water partition coefficient (Wildman–Crippen LogP) is 1.98. The van der Waals surface area contributed by atoms with Gasteiger partial charge in [0.05, 0.1) is 5.56 Å². The maximum absolute atomic E-state index is 12.6. The maximum Gasteiger partial charge on any atom is 0.254 e. The molecule has 24 heavy (non-hydrogen) atoms. The van der Waals surface area contributed by atoms with Crippen LogP contribution in [0, 0.1) is 12.1 Å². The topological polar surface area (TPSA) is 50.5 Å². The van der Waals surface area contributed by atoms with Gasteiger partial charge in [-0.25, -0.2) is 0 Å². The fraction of sp³-hybridized carbons (Fsp3) is 0.368. The molecule has 0 N–H and O–H groups in total. The van der Waals surface area contributed by atoms with Crippen LogP contribution in [0.2, 0.25) is 0 Å². The summed E-state index contributed by atoms with van der Waals surface area (Å²) in [7, 11) is 0. The molecule has 0 bridgehead atoms. The van der Waals surface area contributed by atoms with E-state index in [9.17, 15) is 10.0 Å². The maximum atomic E-state index is 12.6. The van der Waals surface area contributed by atoms with Gasteiger partial charge < -0.3 is 10.1 Å². The quantitative estimate of drug-likeness (QED) is 0.640. The minimum atomic E-state index is 0.00772. The predicted molar refractivity (Wildman–Crippen MR) is 92.4 cm³/mol. The summed E-state index contributed by atoms with van der Waals surface area (Å²) in [4.78, 5) is 16.9. The number of hydrogen-bond donors (Lipinski definition) is 0. The summed E-state index contributed by atoms with van der Waals surface area (Å²) in [6, 6.07) is 11.6. The van der Waals surface area contributed by atoms with Crippen LogP contribution < -0.4 is 4.73 Å². The van der Waals surface area contributed by atoms with E-state index in [0.717, 1.165) is 39.1 Å². The zero-order chi connectivity index (χ0) is 16.9. The number of carbonyl (C=O) groups is 1. The van der Waals surface area contributed by atoms with E-state index in [1.54, 1.807) is 12.1 Å². The largest absolute Gasteiger partial charge is 0.619 e. The van der Waals surface area contributed by atoms with Crippen molar-refractivity contribution in [1.29, 1.82) is 0 Å². The van der Waals surface area contributed by atoms with Gasteiger partial charge in [0.15, 0.2) is 12.4 Å². The van der Waals surface area contributed by atoms with Crippen molar-refractivity contribution in [1.82, 2.24) is 9.80 Å². The summed E-state index contributed by atoms with van der Waals surface area (Å²) in [5, 5.41) is 11.1. The lowest BCUT2D eigenvalue weighted by Gasteiger charge is -2.22. The van der Waals surface area contributed by atoms with Crippen LogP contribution in [0.3, 0.4) is 0 Å². The highest BCUT2D eigenvalue weighted by Gasteiger charge is 2.21. The second-order valence-corrected chi connectivity index (χ2v) is 6.30. The minimum Gasteiger partial charge on any atom is -0.619 e. The summed E-state index contributed by atoms with van der Waals surface area (Å²) in [5.74, 6) is 0.00772. The molecule has 3 rings (SSSR count). The number of benzene rings is 1. The molecule has 5 nitrogen and oxygen atoms in total. The summed E-state index contributed by atoms with van der Waals surface area (Å²) >= 11 is 0. The Labute approximate surface area is 142 Å². The number of nitrogens with zero attached hydrogens (tertiary/aromatic N) is 3. The zero-order valence-corrected chi connectivity index (χ0v) is 14.0. The zero-order valence-electron chi connectivity index (χ0n) is 14.0. The van der Waals surface area contributed by atoms with Crippen LogP contribution in [-0.4, -0.2) is 41.9 Å². The summed E-state index contributed by atoms with van der Waals surface area (Å²) in [6.07, 6.45) is 3.71. The monoisotopic (exact) mass is 325 g/mol. The minimum absolute atomic E-state index is 0.00772. The van der Waals surface area contributed by atoms with Gasteiger partial charge in [0, 0.05) is 44.9 Å². The first-order valence-corrected chi connectivity index (χ1v) is 8.38. The van der Waals surface area contributed by atoms with Crippen LogP contribution in [0.25, 0.3) is 0 Å². The molecule has 1 aliphatic heterocycles. The summed E-state index contributed by atoms with van der Waals surface area (Å²) < 4.78 is 0.698. The molecule has 0 spiro atoms. The van der Waals surface area contributed by atoms with E-state index in [1.165, 1.54) is 23.5 Å². The Morgan fingerprint density at radius 2 is 1.83 bits per heavy atom. The SMILES string of the molecule is Cc1ccccc1CN1CCCN(C(=O)c2cc[n+]([O-])cc2)CC1. The molecule has 1 aliphatic rings. The molecular weight excluding hydrogens is 302 g/mol. The van der Waals surface area contributed by atoms with E-state index < -0.39 is 0 Å². The number of carbonyl (C=O) groups excluding carboxylic acids is 1. The van der Waals surface area contributed by atoms with Gasteiger partial charge in [0.2, 0.25) is 0 Å². The van der Waals surface area contributed by atoms with Gasteiger partial charge >= 0.3 is 0 Å². The Morgan fingerprint density at radius 1 is 1.08 bits per heavy atom. The fourth-order valence-electron chi connectivity index (χ4n) is 3.10. The number of rotatable bonds is 3. The van der Waals surface area contributed by atoms with Crippen LogP contribution in [0.15, 0.2) is 48.8 Å². The van der Waals surface area contributed by atoms with Crippen LogP contribution >= 0.6 is 0 Å². The summed E-state index contributed by atoms with van der Waals surface area (Å²) in [5.41, 5.74) is 3.24. The van der Waals surface area contributed by atoms with Crippen molar-refractivity contribution in [2.45, 2.75) is 19.9 Å². The second kappa shape index (κ2) is 7.45. The molecule has 126 valence electrons. The number of amides is 1. The third kappa shape index (κ3) is 3.92. The molecule has 1 aromatic carbocycles. The van der Waals surface area contributed by atoms with E-state index in [1.807, 2.05) is 4.90 Å². The second-order valence-electron chi connectivity index (χ2n) is 6.30.